The van der Waals surface area contributed by atoms with Crippen LogP contribution in [0.1, 0.15) is 0 Å². The van der Waals surface area contributed by atoms with E-state index in [4.69, 9.17) is 14.2 Å². The Morgan fingerprint density at radius 3 is 2.69 bits per heavy atom. The van der Waals surface area contributed by atoms with E-state index in [-0.39, 0.29) is 5.56 Å². The van der Waals surface area contributed by atoms with Crippen molar-refractivity contribution < 1.29 is 14.2 Å². The summed E-state index contributed by atoms with van der Waals surface area (Å²) in [6, 6.07) is 3.52. The molecule has 0 radical (unpaired) electrons. The molecule has 3 rings (SSSR count). The smallest absolute Gasteiger partial charge is 0.262 e. The Labute approximate surface area is 152 Å². The number of hydrogen-bond donors (Lipinski definition) is 1. The maximum atomic E-state index is 12.1. The second-order valence-corrected chi connectivity index (χ2v) is 6.38. The van der Waals surface area contributed by atoms with Crippen LogP contribution in [0.25, 0.3) is 10.9 Å². The first-order valence-corrected chi connectivity index (χ1v) is 8.84. The zero-order valence-electron chi connectivity index (χ0n) is 15.4. The second kappa shape index (κ2) is 8.98. The zero-order valence-corrected chi connectivity index (χ0v) is 15.4. The molecule has 1 aliphatic rings. The van der Waals surface area contributed by atoms with Crippen LogP contribution in [0.5, 0.6) is 11.5 Å². The molecule has 142 valence electrons. The number of benzene rings is 1. The average molecular weight is 362 g/mol. The number of H-pyrrole nitrogens is 1. The highest BCUT2D eigenvalue weighted by molar-refractivity contribution is 5.85. The molecule has 0 spiro atoms. The lowest BCUT2D eigenvalue weighted by Crippen LogP contribution is -2.45. The highest BCUT2D eigenvalue weighted by Crippen LogP contribution is 2.27. The van der Waals surface area contributed by atoms with Gasteiger partial charge in [-0.2, -0.15) is 0 Å². The van der Waals surface area contributed by atoms with Crippen LogP contribution < -0.4 is 15.0 Å². The topological polar surface area (TPSA) is 79.9 Å². The third-order valence-corrected chi connectivity index (χ3v) is 4.50. The molecule has 8 heteroatoms. The molecular formula is C18H26N4O4. The maximum Gasteiger partial charge on any atom is 0.262 e. The summed E-state index contributed by atoms with van der Waals surface area (Å²) >= 11 is 0. The summed E-state index contributed by atoms with van der Waals surface area (Å²) in [6.45, 7) is 6.52. The first-order valence-electron chi connectivity index (χ1n) is 8.84. The van der Waals surface area contributed by atoms with Crippen molar-refractivity contribution in [2.75, 3.05) is 66.7 Å². The summed E-state index contributed by atoms with van der Waals surface area (Å²) in [6.07, 6.45) is 1.39. The van der Waals surface area contributed by atoms with Crippen molar-refractivity contribution in [3.63, 3.8) is 0 Å². The third-order valence-electron chi connectivity index (χ3n) is 4.50. The molecule has 0 saturated carbocycles. The molecule has 1 saturated heterocycles. The average Bonchev–Trinajstić information content (AvgIpc) is 2.63. The lowest BCUT2D eigenvalue weighted by atomic mass is 10.2. The van der Waals surface area contributed by atoms with Gasteiger partial charge in [-0.3, -0.25) is 9.69 Å². The summed E-state index contributed by atoms with van der Waals surface area (Å²) in [7, 11) is 3.75. The van der Waals surface area contributed by atoms with E-state index in [0.29, 0.717) is 42.2 Å². The molecule has 2 aromatic rings. The van der Waals surface area contributed by atoms with Crippen molar-refractivity contribution >= 4 is 10.9 Å². The molecule has 1 aromatic heterocycles. The summed E-state index contributed by atoms with van der Waals surface area (Å²) in [5.41, 5.74) is 0.324. The second-order valence-electron chi connectivity index (χ2n) is 6.38. The third kappa shape index (κ3) is 4.72. The van der Waals surface area contributed by atoms with E-state index in [1.165, 1.54) is 6.33 Å². The Kier molecular flexibility index (Phi) is 6.43. The van der Waals surface area contributed by atoms with Gasteiger partial charge in [-0.25, -0.2) is 4.98 Å². The van der Waals surface area contributed by atoms with Crippen LogP contribution in [-0.4, -0.2) is 86.5 Å². The molecule has 1 aliphatic heterocycles. The van der Waals surface area contributed by atoms with E-state index in [0.717, 1.165) is 32.7 Å². The molecule has 0 bridgehead atoms. The van der Waals surface area contributed by atoms with Gasteiger partial charge < -0.3 is 24.1 Å². The van der Waals surface area contributed by atoms with Gasteiger partial charge in [0.1, 0.15) is 30.1 Å². The van der Waals surface area contributed by atoms with Gasteiger partial charge in [-0.1, -0.05) is 0 Å². The number of methoxy groups -OCH3 is 1. The quantitative estimate of drug-likeness (QED) is 0.688. The first kappa shape index (κ1) is 18.6. The fraction of sp³-hybridized carbons (Fsp3) is 0.556. The van der Waals surface area contributed by atoms with Crippen molar-refractivity contribution in [1.82, 2.24) is 19.8 Å². The van der Waals surface area contributed by atoms with E-state index >= 15 is 0 Å². The van der Waals surface area contributed by atoms with Gasteiger partial charge in [0, 0.05) is 52.0 Å². The monoisotopic (exact) mass is 362 g/mol. The number of rotatable bonds is 8. The number of nitrogens with zero attached hydrogens (tertiary/aromatic N) is 3. The first-order chi connectivity index (χ1) is 12.7. The highest BCUT2D eigenvalue weighted by atomic mass is 16.5. The molecule has 8 nitrogen and oxygen atoms in total. The van der Waals surface area contributed by atoms with E-state index in [1.54, 1.807) is 19.2 Å². The van der Waals surface area contributed by atoms with Crippen LogP contribution in [-0.2, 0) is 4.74 Å². The summed E-state index contributed by atoms with van der Waals surface area (Å²) in [4.78, 5) is 23.7. The van der Waals surface area contributed by atoms with E-state index in [9.17, 15) is 4.79 Å². The van der Waals surface area contributed by atoms with Crippen molar-refractivity contribution in [2.24, 2.45) is 0 Å². The van der Waals surface area contributed by atoms with Crippen LogP contribution in [0.3, 0.4) is 0 Å². The predicted octanol–water partition coefficient (Wildman–Crippen LogP) is 0.575. The Morgan fingerprint density at radius 2 is 1.92 bits per heavy atom. The van der Waals surface area contributed by atoms with Gasteiger partial charge in [0.15, 0.2) is 0 Å². The largest absolute Gasteiger partial charge is 0.492 e. The number of aromatic nitrogens is 2. The molecule has 1 aromatic carbocycles. The molecule has 2 heterocycles. The number of nitrogens with one attached hydrogen (secondary N) is 1. The predicted molar refractivity (Wildman–Crippen MR) is 99.2 cm³/mol. The van der Waals surface area contributed by atoms with E-state index in [1.807, 2.05) is 0 Å². The van der Waals surface area contributed by atoms with Crippen molar-refractivity contribution in [3.05, 3.63) is 28.8 Å². The highest BCUT2D eigenvalue weighted by Gasteiger charge is 2.14. The van der Waals surface area contributed by atoms with Crippen LogP contribution in [0.2, 0.25) is 0 Å². The van der Waals surface area contributed by atoms with Gasteiger partial charge in [-0.05, 0) is 7.05 Å². The molecule has 1 fully saturated rings. The Morgan fingerprint density at radius 1 is 1.12 bits per heavy atom. The van der Waals surface area contributed by atoms with Gasteiger partial charge in [0.2, 0.25) is 0 Å². The molecule has 0 unspecified atom stereocenters. The summed E-state index contributed by atoms with van der Waals surface area (Å²) in [5.74, 6) is 1.11. The summed E-state index contributed by atoms with van der Waals surface area (Å²) in [5, 5.41) is 0.426. The van der Waals surface area contributed by atoms with Crippen LogP contribution in [0.4, 0.5) is 0 Å². The van der Waals surface area contributed by atoms with E-state index < -0.39 is 0 Å². The molecule has 0 aliphatic carbocycles. The number of likely N-dealkylation sites (N-methyl/N-ethyl adjacent to an activating group) is 1. The van der Waals surface area contributed by atoms with Crippen molar-refractivity contribution in [3.8, 4) is 11.5 Å². The minimum absolute atomic E-state index is 0.230. The van der Waals surface area contributed by atoms with Gasteiger partial charge in [0.25, 0.3) is 5.56 Å². The molecule has 1 N–H and O–H groups in total. The molecule has 26 heavy (non-hydrogen) atoms. The lowest BCUT2D eigenvalue weighted by molar-refractivity contribution is 0.133. The molecule has 0 atom stereocenters. The van der Waals surface area contributed by atoms with Gasteiger partial charge >= 0.3 is 0 Å². The minimum Gasteiger partial charge on any atom is -0.492 e. The van der Waals surface area contributed by atoms with Gasteiger partial charge in [0.05, 0.1) is 18.5 Å². The number of hydrogen-bond acceptors (Lipinski definition) is 7. The fourth-order valence-electron chi connectivity index (χ4n) is 2.94. The number of ether oxygens (including phenoxy) is 3. The van der Waals surface area contributed by atoms with Crippen LogP contribution in [0, 0.1) is 0 Å². The number of fused-ring (bicyclic) bond motifs is 1. The fourth-order valence-corrected chi connectivity index (χ4v) is 2.94. The Bertz CT molecular complexity index is 771. The zero-order chi connectivity index (χ0) is 18.4. The number of piperazine rings is 1. The van der Waals surface area contributed by atoms with Gasteiger partial charge in [-0.15, -0.1) is 0 Å². The lowest BCUT2D eigenvalue weighted by Gasteiger charge is -2.32. The minimum atomic E-state index is -0.230. The van der Waals surface area contributed by atoms with Crippen molar-refractivity contribution in [2.45, 2.75) is 0 Å². The van der Waals surface area contributed by atoms with Crippen LogP contribution in [0.15, 0.2) is 23.3 Å². The van der Waals surface area contributed by atoms with E-state index in [2.05, 4.69) is 26.8 Å². The number of aromatic amines is 1. The standard InChI is InChI=1S/C18H26N4O4/c1-21-3-5-22(6-4-21)7-8-25-14-11-15-17(18(23)20-13-19-15)16(12-14)26-10-9-24-2/h11-13H,3-10H2,1-2H3,(H,19,20,23). The van der Waals surface area contributed by atoms with Crippen LogP contribution >= 0.6 is 0 Å². The Balaban J connectivity index is 1.68. The normalized spacial score (nSPS) is 16.1. The maximum absolute atomic E-state index is 12.1. The molecule has 0 amide bonds. The molecular weight excluding hydrogens is 336 g/mol. The summed E-state index contributed by atoms with van der Waals surface area (Å²) < 4.78 is 16.6. The Hall–Kier alpha value is -2.16. The van der Waals surface area contributed by atoms with Crippen molar-refractivity contribution in [1.29, 1.82) is 0 Å². The SMILES string of the molecule is COCCOc1cc(OCCN2CCN(C)CC2)cc2nc[nH]c(=O)c12.